The van der Waals surface area contributed by atoms with Crippen LogP contribution in [0.3, 0.4) is 0 Å². The van der Waals surface area contributed by atoms with Crippen molar-refractivity contribution in [1.82, 2.24) is 15.6 Å². The van der Waals surface area contributed by atoms with Gasteiger partial charge >= 0.3 is 0 Å². The Morgan fingerprint density at radius 1 is 1.23 bits per heavy atom. The summed E-state index contributed by atoms with van der Waals surface area (Å²) in [6.07, 6.45) is 2.04. The topological polar surface area (TPSA) is 87.6 Å². The quantitative estimate of drug-likeness (QED) is 0.523. The van der Waals surface area contributed by atoms with Crippen LogP contribution in [-0.4, -0.2) is 37.6 Å². The highest BCUT2D eigenvalue weighted by Gasteiger charge is 2.04. The molecule has 0 bridgehead atoms. The fourth-order valence-corrected chi connectivity index (χ4v) is 2.23. The smallest absolute Gasteiger partial charge is 0.227 e. The van der Waals surface area contributed by atoms with Crippen molar-refractivity contribution < 1.29 is 9.53 Å². The maximum Gasteiger partial charge on any atom is 0.227 e. The number of carbonyl (C=O) groups is 1. The number of hydrogen-bond donors (Lipinski definition) is 3. The molecule has 0 aliphatic carbocycles. The van der Waals surface area contributed by atoms with Crippen LogP contribution in [0.15, 0.2) is 47.6 Å². The molecule has 0 aliphatic heterocycles. The molecule has 0 aliphatic rings. The molecule has 3 N–H and O–H groups in total. The number of methoxy groups -OCH3 is 1. The summed E-state index contributed by atoms with van der Waals surface area (Å²) in [6.45, 7) is 3.03. The van der Waals surface area contributed by atoms with Crippen molar-refractivity contribution in [2.75, 3.05) is 26.0 Å². The van der Waals surface area contributed by atoms with Gasteiger partial charge in [-0.25, -0.2) is 4.98 Å². The van der Waals surface area contributed by atoms with Gasteiger partial charge in [-0.3, -0.25) is 9.79 Å². The first-order valence-corrected chi connectivity index (χ1v) is 8.40. The van der Waals surface area contributed by atoms with Gasteiger partial charge in [-0.05, 0) is 36.2 Å². The van der Waals surface area contributed by atoms with Crippen LogP contribution in [0.2, 0.25) is 0 Å². The molecule has 26 heavy (non-hydrogen) atoms. The van der Waals surface area contributed by atoms with Crippen LogP contribution < -0.4 is 20.7 Å². The lowest BCUT2D eigenvalue weighted by Crippen LogP contribution is -2.38. The summed E-state index contributed by atoms with van der Waals surface area (Å²) in [6, 6.07) is 11.5. The van der Waals surface area contributed by atoms with E-state index in [0.29, 0.717) is 31.3 Å². The number of carbonyl (C=O) groups excluding carboxylic acids is 1. The monoisotopic (exact) mass is 355 g/mol. The zero-order chi connectivity index (χ0) is 18.8. The third-order valence-electron chi connectivity index (χ3n) is 3.64. The largest absolute Gasteiger partial charge is 0.497 e. The molecular formula is C19H25N5O2. The molecule has 1 aromatic carbocycles. The van der Waals surface area contributed by atoms with E-state index in [0.717, 1.165) is 16.9 Å². The van der Waals surface area contributed by atoms with E-state index in [4.69, 9.17) is 4.74 Å². The van der Waals surface area contributed by atoms with Gasteiger partial charge in [0.25, 0.3) is 0 Å². The van der Waals surface area contributed by atoms with Crippen molar-refractivity contribution in [2.45, 2.75) is 19.9 Å². The first kappa shape index (κ1) is 19.2. The lowest BCUT2D eigenvalue weighted by Gasteiger charge is -2.12. The SMILES string of the molecule is CN=C(NCCC(=O)Nc1ccc(C)cn1)NCc1cccc(OC)c1. The van der Waals surface area contributed by atoms with E-state index in [9.17, 15) is 4.79 Å². The predicted molar refractivity (Wildman–Crippen MR) is 103 cm³/mol. The summed E-state index contributed by atoms with van der Waals surface area (Å²) in [4.78, 5) is 20.3. The van der Waals surface area contributed by atoms with Crippen molar-refractivity contribution in [1.29, 1.82) is 0 Å². The number of benzene rings is 1. The van der Waals surface area contributed by atoms with Crippen LogP contribution in [-0.2, 0) is 11.3 Å². The minimum absolute atomic E-state index is 0.0999. The van der Waals surface area contributed by atoms with Crippen LogP contribution in [0.1, 0.15) is 17.5 Å². The number of guanidine groups is 1. The van der Waals surface area contributed by atoms with Gasteiger partial charge in [-0.2, -0.15) is 0 Å². The number of aromatic nitrogens is 1. The molecule has 2 aromatic rings. The third-order valence-corrected chi connectivity index (χ3v) is 3.64. The molecule has 0 fully saturated rings. The number of amides is 1. The highest BCUT2D eigenvalue weighted by molar-refractivity contribution is 5.90. The van der Waals surface area contributed by atoms with Crippen molar-refractivity contribution in [3.63, 3.8) is 0 Å². The Balaban J connectivity index is 1.72. The Labute approximate surface area is 153 Å². The zero-order valence-corrected chi connectivity index (χ0v) is 15.4. The van der Waals surface area contributed by atoms with Gasteiger partial charge in [0, 0.05) is 32.8 Å². The summed E-state index contributed by atoms with van der Waals surface area (Å²) in [5.74, 6) is 1.90. The lowest BCUT2D eigenvalue weighted by molar-refractivity contribution is -0.116. The zero-order valence-electron chi connectivity index (χ0n) is 15.4. The molecule has 7 heteroatoms. The lowest BCUT2D eigenvalue weighted by atomic mass is 10.2. The molecule has 138 valence electrons. The van der Waals surface area contributed by atoms with Crippen LogP contribution in [0.5, 0.6) is 5.75 Å². The number of rotatable bonds is 7. The van der Waals surface area contributed by atoms with E-state index in [2.05, 4.69) is 25.9 Å². The summed E-state index contributed by atoms with van der Waals surface area (Å²) in [5, 5.41) is 9.09. The van der Waals surface area contributed by atoms with E-state index < -0.39 is 0 Å². The van der Waals surface area contributed by atoms with Crippen molar-refractivity contribution in [3.05, 3.63) is 53.7 Å². The van der Waals surface area contributed by atoms with Crippen LogP contribution in [0.25, 0.3) is 0 Å². The number of hydrogen-bond acceptors (Lipinski definition) is 4. The Bertz CT molecular complexity index is 744. The standard InChI is InChI=1S/C19H25N5O2/c1-14-7-8-17(22-12-14)24-18(25)9-10-21-19(20-2)23-13-15-5-4-6-16(11-15)26-3/h4-8,11-12H,9-10,13H2,1-3H3,(H2,20,21,23)(H,22,24,25). The molecule has 1 heterocycles. The van der Waals surface area contributed by atoms with E-state index in [1.807, 2.05) is 37.3 Å². The maximum absolute atomic E-state index is 12.0. The van der Waals surface area contributed by atoms with Gasteiger partial charge in [-0.15, -0.1) is 0 Å². The van der Waals surface area contributed by atoms with Crippen molar-refractivity contribution >= 4 is 17.7 Å². The Hall–Kier alpha value is -3.09. The van der Waals surface area contributed by atoms with Gasteiger partial charge < -0.3 is 20.7 Å². The first-order chi connectivity index (χ1) is 12.6. The number of aliphatic imine (C=N–C) groups is 1. The van der Waals surface area contributed by atoms with Gasteiger partial charge in [-0.1, -0.05) is 18.2 Å². The van der Waals surface area contributed by atoms with Gasteiger partial charge in [0.05, 0.1) is 7.11 Å². The predicted octanol–water partition coefficient (Wildman–Crippen LogP) is 2.09. The number of ether oxygens (including phenoxy) is 1. The van der Waals surface area contributed by atoms with Crippen LogP contribution in [0.4, 0.5) is 5.82 Å². The number of anilines is 1. The van der Waals surface area contributed by atoms with Gasteiger partial charge in [0.1, 0.15) is 11.6 Å². The van der Waals surface area contributed by atoms with Crippen LogP contribution >= 0.6 is 0 Å². The molecule has 0 radical (unpaired) electrons. The molecule has 0 spiro atoms. The Kier molecular flexibility index (Phi) is 7.42. The second-order valence-electron chi connectivity index (χ2n) is 5.72. The summed E-state index contributed by atoms with van der Waals surface area (Å²) in [5.41, 5.74) is 2.13. The highest BCUT2D eigenvalue weighted by atomic mass is 16.5. The average molecular weight is 355 g/mol. The minimum atomic E-state index is -0.0999. The minimum Gasteiger partial charge on any atom is -0.497 e. The summed E-state index contributed by atoms with van der Waals surface area (Å²) >= 11 is 0. The Morgan fingerprint density at radius 3 is 2.77 bits per heavy atom. The number of aryl methyl sites for hydroxylation is 1. The van der Waals surface area contributed by atoms with Gasteiger partial charge in [0.15, 0.2) is 5.96 Å². The molecular weight excluding hydrogens is 330 g/mol. The Morgan fingerprint density at radius 2 is 2.08 bits per heavy atom. The number of nitrogens with one attached hydrogen (secondary N) is 3. The summed E-state index contributed by atoms with van der Waals surface area (Å²) < 4.78 is 5.21. The fraction of sp³-hybridized carbons (Fsp3) is 0.316. The van der Waals surface area contributed by atoms with Gasteiger partial charge in [0.2, 0.25) is 5.91 Å². The second kappa shape index (κ2) is 10.0. The molecule has 0 unspecified atom stereocenters. The number of pyridine rings is 1. The fourth-order valence-electron chi connectivity index (χ4n) is 2.23. The molecule has 2 rings (SSSR count). The second-order valence-corrected chi connectivity index (χ2v) is 5.72. The maximum atomic E-state index is 12.0. The van der Waals surface area contributed by atoms with Crippen molar-refractivity contribution in [2.24, 2.45) is 4.99 Å². The molecule has 1 amide bonds. The van der Waals surface area contributed by atoms with E-state index in [-0.39, 0.29) is 5.91 Å². The van der Waals surface area contributed by atoms with E-state index in [1.54, 1.807) is 26.4 Å². The normalized spacial score (nSPS) is 11.0. The molecule has 0 atom stereocenters. The molecule has 0 saturated carbocycles. The molecule has 1 aromatic heterocycles. The van der Waals surface area contributed by atoms with Crippen molar-refractivity contribution in [3.8, 4) is 5.75 Å². The van der Waals surface area contributed by atoms with Crippen LogP contribution in [0, 0.1) is 6.92 Å². The average Bonchev–Trinajstić information content (AvgIpc) is 2.66. The van der Waals surface area contributed by atoms with E-state index >= 15 is 0 Å². The highest BCUT2D eigenvalue weighted by Crippen LogP contribution is 2.12. The van der Waals surface area contributed by atoms with E-state index in [1.165, 1.54) is 0 Å². The summed E-state index contributed by atoms with van der Waals surface area (Å²) in [7, 11) is 3.33. The number of nitrogens with zero attached hydrogens (tertiary/aromatic N) is 2. The molecule has 7 nitrogen and oxygen atoms in total. The molecule has 0 saturated heterocycles. The third kappa shape index (κ3) is 6.43. The first-order valence-electron chi connectivity index (χ1n) is 8.40.